The van der Waals surface area contributed by atoms with Crippen LogP contribution < -0.4 is 10.6 Å². The second kappa shape index (κ2) is 5.79. The minimum Gasteiger partial charge on any atom is -0.351 e. The molecule has 0 atom stereocenters. The first-order valence-electron chi connectivity index (χ1n) is 6.44. The van der Waals surface area contributed by atoms with E-state index >= 15 is 0 Å². The van der Waals surface area contributed by atoms with Crippen molar-refractivity contribution in [3.63, 3.8) is 0 Å². The van der Waals surface area contributed by atoms with Crippen molar-refractivity contribution < 1.29 is 4.79 Å². The third-order valence-electron chi connectivity index (χ3n) is 2.86. The molecule has 6 heteroatoms. The molecule has 0 saturated carbocycles. The van der Waals surface area contributed by atoms with Crippen molar-refractivity contribution in [3.05, 3.63) is 29.2 Å². The highest BCUT2D eigenvalue weighted by atomic mass is 16.1. The van der Waals surface area contributed by atoms with Gasteiger partial charge in [0.1, 0.15) is 5.56 Å². The summed E-state index contributed by atoms with van der Waals surface area (Å²) in [5.74, 6) is -0.134. The zero-order chi connectivity index (χ0) is 13.8. The first-order valence-corrected chi connectivity index (χ1v) is 6.44. The fourth-order valence-corrected chi connectivity index (χ4v) is 1.97. The van der Waals surface area contributed by atoms with Crippen LogP contribution in [-0.2, 0) is 0 Å². The van der Waals surface area contributed by atoms with Crippen LogP contribution in [0.2, 0.25) is 0 Å². The predicted molar refractivity (Wildman–Crippen MR) is 73.3 cm³/mol. The Balaban J connectivity index is 2.18. The standard InChI is InChI=1S/C13H19N5O/c1-4-14-5-6-15-13(19)11-8-16-18-10(3)7-9(2)17-12(11)18/h7-8,14H,4-6H2,1-3H3,(H,15,19). The van der Waals surface area contributed by atoms with Gasteiger partial charge in [0, 0.05) is 24.5 Å². The number of aromatic nitrogens is 3. The Morgan fingerprint density at radius 3 is 2.89 bits per heavy atom. The second-order valence-electron chi connectivity index (χ2n) is 4.44. The summed E-state index contributed by atoms with van der Waals surface area (Å²) in [5, 5.41) is 10.2. The SMILES string of the molecule is CCNCCNC(=O)c1cnn2c(C)cc(C)nc12. The molecule has 0 aromatic carbocycles. The van der Waals surface area contributed by atoms with Crippen LogP contribution in [0, 0.1) is 13.8 Å². The van der Waals surface area contributed by atoms with E-state index in [1.54, 1.807) is 10.7 Å². The molecule has 2 aromatic rings. The molecule has 19 heavy (non-hydrogen) atoms. The molecule has 1 amide bonds. The molecule has 2 rings (SSSR count). The number of hydrogen-bond acceptors (Lipinski definition) is 4. The van der Waals surface area contributed by atoms with E-state index in [1.165, 1.54) is 0 Å². The maximum atomic E-state index is 12.1. The third kappa shape index (κ3) is 2.90. The predicted octanol–water partition coefficient (Wildman–Crippen LogP) is 0.685. The summed E-state index contributed by atoms with van der Waals surface area (Å²) in [6.45, 7) is 8.13. The van der Waals surface area contributed by atoms with Gasteiger partial charge < -0.3 is 10.6 Å². The van der Waals surface area contributed by atoms with E-state index < -0.39 is 0 Å². The molecular weight excluding hydrogens is 242 g/mol. The summed E-state index contributed by atoms with van der Waals surface area (Å²) < 4.78 is 1.69. The molecule has 0 unspecified atom stereocenters. The van der Waals surface area contributed by atoms with Gasteiger partial charge in [0.2, 0.25) is 0 Å². The molecule has 6 nitrogen and oxygen atoms in total. The van der Waals surface area contributed by atoms with E-state index in [9.17, 15) is 4.79 Å². The number of amides is 1. The Morgan fingerprint density at radius 1 is 1.37 bits per heavy atom. The lowest BCUT2D eigenvalue weighted by Gasteiger charge is -2.05. The number of nitrogens with one attached hydrogen (secondary N) is 2. The number of aryl methyl sites for hydroxylation is 2. The van der Waals surface area contributed by atoms with E-state index in [2.05, 4.69) is 20.7 Å². The van der Waals surface area contributed by atoms with Gasteiger partial charge in [-0.15, -0.1) is 0 Å². The molecule has 0 saturated heterocycles. The van der Waals surface area contributed by atoms with Gasteiger partial charge >= 0.3 is 0 Å². The molecule has 0 spiro atoms. The van der Waals surface area contributed by atoms with Crippen molar-refractivity contribution in [3.8, 4) is 0 Å². The zero-order valence-corrected chi connectivity index (χ0v) is 11.5. The summed E-state index contributed by atoms with van der Waals surface area (Å²) in [5.41, 5.74) is 2.98. The average Bonchev–Trinajstić information content (AvgIpc) is 2.78. The highest BCUT2D eigenvalue weighted by Gasteiger charge is 2.14. The lowest BCUT2D eigenvalue weighted by Crippen LogP contribution is -2.31. The molecule has 0 radical (unpaired) electrons. The second-order valence-corrected chi connectivity index (χ2v) is 4.44. The summed E-state index contributed by atoms with van der Waals surface area (Å²) in [6, 6.07) is 1.94. The van der Waals surface area contributed by atoms with Crippen molar-refractivity contribution in [2.24, 2.45) is 0 Å². The summed E-state index contributed by atoms with van der Waals surface area (Å²) >= 11 is 0. The highest BCUT2D eigenvalue weighted by molar-refractivity contribution is 5.99. The number of carbonyl (C=O) groups is 1. The summed E-state index contributed by atoms with van der Waals surface area (Å²) in [6.07, 6.45) is 1.57. The van der Waals surface area contributed by atoms with Crippen LogP contribution in [0.1, 0.15) is 28.7 Å². The molecule has 0 bridgehead atoms. The lowest BCUT2D eigenvalue weighted by molar-refractivity contribution is 0.0955. The number of rotatable bonds is 5. The average molecular weight is 261 g/mol. The van der Waals surface area contributed by atoms with Gasteiger partial charge in [0.25, 0.3) is 5.91 Å². The van der Waals surface area contributed by atoms with Crippen LogP contribution in [0.5, 0.6) is 0 Å². The fourth-order valence-electron chi connectivity index (χ4n) is 1.97. The van der Waals surface area contributed by atoms with Crippen LogP contribution in [0.3, 0.4) is 0 Å². The van der Waals surface area contributed by atoms with E-state index in [1.807, 2.05) is 26.8 Å². The van der Waals surface area contributed by atoms with Gasteiger partial charge in [-0.25, -0.2) is 9.50 Å². The van der Waals surface area contributed by atoms with Crippen molar-refractivity contribution in [1.29, 1.82) is 0 Å². The summed E-state index contributed by atoms with van der Waals surface area (Å²) in [7, 11) is 0. The van der Waals surface area contributed by atoms with E-state index in [0.29, 0.717) is 17.8 Å². The first-order chi connectivity index (χ1) is 9.13. The smallest absolute Gasteiger partial charge is 0.256 e. The molecule has 2 heterocycles. The van der Waals surface area contributed by atoms with Gasteiger partial charge in [-0.1, -0.05) is 6.92 Å². The molecule has 0 fully saturated rings. The Labute approximate surface area is 112 Å². The maximum Gasteiger partial charge on any atom is 0.256 e. The topological polar surface area (TPSA) is 71.3 Å². The Bertz CT molecular complexity index is 590. The maximum absolute atomic E-state index is 12.1. The minimum absolute atomic E-state index is 0.134. The van der Waals surface area contributed by atoms with Crippen LogP contribution in [-0.4, -0.2) is 40.1 Å². The van der Waals surface area contributed by atoms with Gasteiger partial charge in [-0.05, 0) is 26.5 Å². The Morgan fingerprint density at radius 2 is 2.16 bits per heavy atom. The van der Waals surface area contributed by atoms with Crippen LogP contribution in [0.25, 0.3) is 5.65 Å². The quantitative estimate of drug-likeness (QED) is 0.777. The number of nitrogens with zero attached hydrogens (tertiary/aromatic N) is 3. The third-order valence-corrected chi connectivity index (χ3v) is 2.86. The van der Waals surface area contributed by atoms with E-state index in [4.69, 9.17) is 0 Å². The Hall–Kier alpha value is -1.95. The van der Waals surface area contributed by atoms with Gasteiger partial charge in [-0.3, -0.25) is 4.79 Å². The van der Waals surface area contributed by atoms with Crippen LogP contribution in [0.4, 0.5) is 0 Å². The van der Waals surface area contributed by atoms with E-state index in [-0.39, 0.29) is 5.91 Å². The number of hydrogen-bond donors (Lipinski definition) is 2. The number of fused-ring (bicyclic) bond motifs is 1. The van der Waals surface area contributed by atoms with Gasteiger partial charge in [0.15, 0.2) is 5.65 Å². The molecule has 0 aliphatic rings. The van der Waals surface area contributed by atoms with Crippen molar-refractivity contribution in [2.45, 2.75) is 20.8 Å². The molecule has 2 aromatic heterocycles. The lowest BCUT2D eigenvalue weighted by atomic mass is 10.3. The molecule has 102 valence electrons. The van der Waals surface area contributed by atoms with Gasteiger partial charge in [-0.2, -0.15) is 5.10 Å². The zero-order valence-electron chi connectivity index (χ0n) is 11.5. The highest BCUT2D eigenvalue weighted by Crippen LogP contribution is 2.11. The van der Waals surface area contributed by atoms with Crippen molar-refractivity contribution >= 4 is 11.6 Å². The molecular formula is C13H19N5O. The normalized spacial score (nSPS) is 10.9. The minimum atomic E-state index is -0.134. The number of carbonyl (C=O) groups excluding carboxylic acids is 1. The van der Waals surface area contributed by atoms with Crippen LogP contribution >= 0.6 is 0 Å². The van der Waals surface area contributed by atoms with Crippen LogP contribution in [0.15, 0.2) is 12.3 Å². The molecule has 0 aliphatic carbocycles. The monoisotopic (exact) mass is 261 g/mol. The van der Waals surface area contributed by atoms with Crippen molar-refractivity contribution in [2.75, 3.05) is 19.6 Å². The van der Waals surface area contributed by atoms with Gasteiger partial charge in [0.05, 0.1) is 6.20 Å². The number of likely N-dealkylation sites (N-methyl/N-ethyl adjacent to an activating group) is 1. The summed E-state index contributed by atoms with van der Waals surface area (Å²) in [4.78, 5) is 16.5. The fraction of sp³-hybridized carbons (Fsp3) is 0.462. The van der Waals surface area contributed by atoms with Crippen molar-refractivity contribution in [1.82, 2.24) is 25.2 Å². The largest absolute Gasteiger partial charge is 0.351 e. The first kappa shape index (κ1) is 13.5. The van der Waals surface area contributed by atoms with E-state index in [0.717, 1.165) is 24.5 Å². The molecule has 2 N–H and O–H groups in total. The Kier molecular flexibility index (Phi) is 4.11. The molecule has 0 aliphatic heterocycles.